The number of amides is 1. The van der Waals surface area contributed by atoms with Gasteiger partial charge in [0.15, 0.2) is 0 Å². The van der Waals surface area contributed by atoms with Crippen molar-refractivity contribution in [2.45, 2.75) is 13.3 Å². The van der Waals surface area contributed by atoms with Gasteiger partial charge in [0.1, 0.15) is 17.2 Å². The van der Waals surface area contributed by atoms with Crippen LogP contribution >= 0.6 is 0 Å². The van der Waals surface area contributed by atoms with Crippen LogP contribution in [-0.2, 0) is 0 Å². The van der Waals surface area contributed by atoms with Crippen LogP contribution in [0.25, 0.3) is 28.0 Å². The van der Waals surface area contributed by atoms with Crippen molar-refractivity contribution in [3.63, 3.8) is 0 Å². The van der Waals surface area contributed by atoms with E-state index in [1.807, 2.05) is 30.5 Å². The lowest BCUT2D eigenvalue weighted by molar-refractivity contribution is 0.0945. The standard InChI is InChI=1S/C23H21FN4O2/c1-15-12-16(5-7-19(15)24)22-18(4-2-9-25-22)17-6-8-21-27-13-20(28(21)14-17)23(30)26-10-3-11-29/h2,4-9,12-14,29H,3,10-11H2,1H3,(H,26,30). The van der Waals surface area contributed by atoms with E-state index < -0.39 is 0 Å². The summed E-state index contributed by atoms with van der Waals surface area (Å²) in [7, 11) is 0. The third-order valence-electron chi connectivity index (χ3n) is 4.91. The monoisotopic (exact) mass is 404 g/mol. The number of rotatable bonds is 6. The van der Waals surface area contributed by atoms with Crippen LogP contribution in [0.1, 0.15) is 22.5 Å². The van der Waals surface area contributed by atoms with Crippen molar-refractivity contribution in [1.29, 1.82) is 0 Å². The van der Waals surface area contributed by atoms with E-state index in [-0.39, 0.29) is 18.3 Å². The van der Waals surface area contributed by atoms with Gasteiger partial charge in [0.05, 0.1) is 11.9 Å². The molecule has 0 unspecified atom stereocenters. The number of hydrogen-bond donors (Lipinski definition) is 2. The second-order valence-corrected chi connectivity index (χ2v) is 6.99. The minimum absolute atomic E-state index is 0.0181. The number of carbonyl (C=O) groups excluding carboxylic acids is 1. The molecule has 0 aliphatic carbocycles. The third kappa shape index (κ3) is 3.79. The molecule has 0 atom stereocenters. The molecule has 3 heterocycles. The number of halogens is 1. The van der Waals surface area contributed by atoms with E-state index >= 15 is 0 Å². The molecular formula is C23H21FN4O2. The first-order valence-corrected chi connectivity index (χ1v) is 9.66. The van der Waals surface area contributed by atoms with Crippen LogP contribution in [0.5, 0.6) is 0 Å². The second-order valence-electron chi connectivity index (χ2n) is 6.99. The zero-order chi connectivity index (χ0) is 21.1. The molecule has 0 saturated heterocycles. The molecule has 6 nitrogen and oxygen atoms in total. The molecule has 0 fully saturated rings. The van der Waals surface area contributed by atoms with E-state index in [0.717, 1.165) is 22.4 Å². The van der Waals surface area contributed by atoms with Gasteiger partial charge < -0.3 is 10.4 Å². The van der Waals surface area contributed by atoms with Crippen LogP contribution in [0.3, 0.4) is 0 Å². The quantitative estimate of drug-likeness (QED) is 0.481. The molecule has 30 heavy (non-hydrogen) atoms. The number of hydrogen-bond acceptors (Lipinski definition) is 4. The number of benzene rings is 1. The van der Waals surface area contributed by atoms with Gasteiger partial charge in [-0.2, -0.15) is 0 Å². The van der Waals surface area contributed by atoms with Crippen LogP contribution < -0.4 is 5.32 Å². The number of pyridine rings is 2. The molecule has 4 rings (SSSR count). The van der Waals surface area contributed by atoms with Gasteiger partial charge >= 0.3 is 0 Å². The number of fused-ring (bicyclic) bond motifs is 1. The maximum absolute atomic E-state index is 13.7. The van der Waals surface area contributed by atoms with Crippen LogP contribution in [0.4, 0.5) is 4.39 Å². The number of nitrogens with one attached hydrogen (secondary N) is 1. The van der Waals surface area contributed by atoms with Crippen molar-refractivity contribution < 1.29 is 14.3 Å². The van der Waals surface area contributed by atoms with Gasteiger partial charge in [-0.05, 0) is 55.3 Å². The Labute approximate surface area is 173 Å². The van der Waals surface area contributed by atoms with Crippen LogP contribution in [-0.4, -0.2) is 38.5 Å². The zero-order valence-electron chi connectivity index (χ0n) is 16.5. The van der Waals surface area contributed by atoms with E-state index in [1.165, 1.54) is 12.3 Å². The Kier molecular flexibility index (Phi) is 5.54. The SMILES string of the molecule is Cc1cc(-c2ncccc2-c2ccc3ncc(C(=O)NCCCO)n3c2)ccc1F. The summed E-state index contributed by atoms with van der Waals surface area (Å²) in [6.45, 7) is 2.13. The summed E-state index contributed by atoms with van der Waals surface area (Å²) in [5.74, 6) is -0.512. The smallest absolute Gasteiger partial charge is 0.269 e. The molecule has 0 aliphatic rings. The van der Waals surface area contributed by atoms with Crippen molar-refractivity contribution >= 4 is 11.6 Å². The summed E-state index contributed by atoms with van der Waals surface area (Å²) in [5.41, 5.74) is 4.88. The normalized spacial score (nSPS) is 11.0. The molecule has 0 saturated carbocycles. The molecule has 3 aromatic heterocycles. The maximum atomic E-state index is 13.7. The molecule has 2 N–H and O–H groups in total. The Balaban J connectivity index is 1.76. The number of aliphatic hydroxyl groups excluding tert-OH is 1. The first-order valence-electron chi connectivity index (χ1n) is 9.66. The molecule has 152 valence electrons. The van der Waals surface area contributed by atoms with Crippen LogP contribution in [0.2, 0.25) is 0 Å². The Hall–Kier alpha value is -3.58. The lowest BCUT2D eigenvalue weighted by atomic mass is 9.99. The fourth-order valence-electron chi connectivity index (χ4n) is 3.34. The Morgan fingerprint density at radius 1 is 1.17 bits per heavy atom. The summed E-state index contributed by atoms with van der Waals surface area (Å²) >= 11 is 0. The second kappa shape index (κ2) is 8.42. The third-order valence-corrected chi connectivity index (χ3v) is 4.91. The molecule has 0 aliphatic heterocycles. The van der Waals surface area contributed by atoms with E-state index in [4.69, 9.17) is 5.11 Å². The first-order chi connectivity index (χ1) is 14.6. The number of nitrogens with zero attached hydrogens (tertiary/aromatic N) is 3. The predicted molar refractivity (Wildman–Crippen MR) is 113 cm³/mol. The number of carbonyl (C=O) groups is 1. The van der Waals surface area contributed by atoms with Gasteiger partial charge in [0, 0.05) is 42.2 Å². The topological polar surface area (TPSA) is 79.5 Å². The van der Waals surface area contributed by atoms with E-state index in [0.29, 0.717) is 29.9 Å². The van der Waals surface area contributed by atoms with Crippen molar-refractivity contribution in [3.05, 3.63) is 78.1 Å². The number of imidazole rings is 1. The summed E-state index contributed by atoms with van der Waals surface area (Å²) in [6, 6.07) is 12.5. The van der Waals surface area contributed by atoms with Gasteiger partial charge in [-0.3, -0.25) is 14.2 Å². The largest absolute Gasteiger partial charge is 0.396 e. The summed E-state index contributed by atoms with van der Waals surface area (Å²) < 4.78 is 15.5. The van der Waals surface area contributed by atoms with Crippen molar-refractivity contribution in [3.8, 4) is 22.4 Å². The fraction of sp³-hybridized carbons (Fsp3) is 0.174. The Morgan fingerprint density at radius 2 is 2.00 bits per heavy atom. The van der Waals surface area contributed by atoms with Crippen LogP contribution in [0.15, 0.2) is 61.1 Å². The maximum Gasteiger partial charge on any atom is 0.269 e. The van der Waals surface area contributed by atoms with Gasteiger partial charge in [-0.15, -0.1) is 0 Å². The zero-order valence-corrected chi connectivity index (χ0v) is 16.5. The summed E-state index contributed by atoms with van der Waals surface area (Å²) in [5, 5.41) is 11.7. The molecule has 4 aromatic rings. The minimum Gasteiger partial charge on any atom is -0.396 e. The lowest BCUT2D eigenvalue weighted by Gasteiger charge is -2.11. The molecule has 0 radical (unpaired) electrons. The predicted octanol–water partition coefficient (Wildman–Crippen LogP) is 3.62. The molecule has 0 bridgehead atoms. The van der Waals surface area contributed by atoms with Crippen molar-refractivity contribution in [2.75, 3.05) is 13.2 Å². The van der Waals surface area contributed by atoms with E-state index in [2.05, 4.69) is 15.3 Å². The van der Waals surface area contributed by atoms with Crippen LogP contribution in [0, 0.1) is 12.7 Å². The summed E-state index contributed by atoms with van der Waals surface area (Å²) in [4.78, 5) is 21.3. The van der Waals surface area contributed by atoms with Crippen molar-refractivity contribution in [2.24, 2.45) is 0 Å². The number of aryl methyl sites for hydroxylation is 1. The Bertz CT molecular complexity index is 1220. The molecule has 7 heteroatoms. The summed E-state index contributed by atoms with van der Waals surface area (Å²) in [6.07, 6.45) is 5.57. The molecule has 1 aromatic carbocycles. The van der Waals surface area contributed by atoms with Crippen molar-refractivity contribution in [1.82, 2.24) is 19.7 Å². The molecule has 0 spiro atoms. The molecule has 1 amide bonds. The van der Waals surface area contributed by atoms with E-state index in [1.54, 1.807) is 29.7 Å². The van der Waals surface area contributed by atoms with Gasteiger partial charge in [0.2, 0.25) is 0 Å². The highest BCUT2D eigenvalue weighted by molar-refractivity contribution is 5.93. The lowest BCUT2D eigenvalue weighted by Crippen LogP contribution is -2.26. The average molecular weight is 404 g/mol. The number of aromatic nitrogens is 3. The fourth-order valence-corrected chi connectivity index (χ4v) is 3.34. The average Bonchev–Trinajstić information content (AvgIpc) is 3.19. The highest BCUT2D eigenvalue weighted by atomic mass is 19.1. The highest BCUT2D eigenvalue weighted by Gasteiger charge is 2.15. The highest BCUT2D eigenvalue weighted by Crippen LogP contribution is 2.31. The van der Waals surface area contributed by atoms with E-state index in [9.17, 15) is 9.18 Å². The van der Waals surface area contributed by atoms with Gasteiger partial charge in [-0.25, -0.2) is 9.37 Å². The Morgan fingerprint density at radius 3 is 2.80 bits per heavy atom. The van der Waals surface area contributed by atoms with Gasteiger partial charge in [0.25, 0.3) is 5.91 Å². The number of aliphatic hydroxyl groups is 1. The van der Waals surface area contributed by atoms with Gasteiger partial charge in [-0.1, -0.05) is 6.07 Å². The molecular weight excluding hydrogens is 383 g/mol. The first kappa shape index (κ1) is 19.7. The minimum atomic E-state index is -0.257.